The summed E-state index contributed by atoms with van der Waals surface area (Å²) in [6, 6.07) is 5.18. The Balaban J connectivity index is 2.61. The third kappa shape index (κ3) is 5.85. The Kier molecular flexibility index (Phi) is 4.91. The van der Waals surface area contributed by atoms with Gasteiger partial charge in [0.05, 0.1) is 4.90 Å². The molecule has 0 bridgehead atoms. The lowest BCUT2D eigenvalue weighted by Crippen LogP contribution is -2.24. The summed E-state index contributed by atoms with van der Waals surface area (Å²) in [4.78, 5) is 11.6. The smallest absolute Gasteiger partial charge is 0.315 e. The molecule has 0 heterocycles. The SMILES string of the molecule is CC(C)(C)/C=C/NC(=O)Nc1ccc(S(N)(=O)=O)cc1. The van der Waals surface area contributed by atoms with Crippen molar-refractivity contribution in [3.05, 3.63) is 36.5 Å². The number of hydrogen-bond donors (Lipinski definition) is 3. The van der Waals surface area contributed by atoms with Crippen molar-refractivity contribution in [2.24, 2.45) is 10.6 Å². The molecular formula is C13H19N3O3S. The summed E-state index contributed by atoms with van der Waals surface area (Å²) in [6.07, 6.45) is 3.42. The molecule has 0 aliphatic heterocycles. The number of benzene rings is 1. The fourth-order valence-electron chi connectivity index (χ4n) is 1.26. The number of nitrogens with one attached hydrogen (secondary N) is 2. The number of allylic oxidation sites excluding steroid dienone is 1. The van der Waals surface area contributed by atoms with Gasteiger partial charge in [-0.3, -0.25) is 0 Å². The summed E-state index contributed by atoms with van der Waals surface area (Å²) in [6.45, 7) is 6.03. The van der Waals surface area contributed by atoms with E-state index in [1.54, 1.807) is 6.20 Å². The zero-order chi connectivity index (χ0) is 15.4. The predicted molar refractivity (Wildman–Crippen MR) is 78.6 cm³/mol. The van der Waals surface area contributed by atoms with Crippen molar-refractivity contribution in [3.63, 3.8) is 0 Å². The van der Waals surface area contributed by atoms with Gasteiger partial charge in [0, 0.05) is 11.9 Å². The van der Waals surface area contributed by atoms with Crippen LogP contribution in [-0.4, -0.2) is 14.4 Å². The predicted octanol–water partition coefficient (Wildman–Crippen LogP) is 2.02. The molecule has 1 aromatic carbocycles. The number of rotatable bonds is 3. The average molecular weight is 297 g/mol. The maximum atomic E-state index is 11.6. The summed E-state index contributed by atoms with van der Waals surface area (Å²) in [5, 5.41) is 10.1. The molecule has 0 saturated carbocycles. The Morgan fingerprint density at radius 3 is 2.20 bits per heavy atom. The lowest BCUT2D eigenvalue weighted by Gasteiger charge is -2.11. The molecule has 4 N–H and O–H groups in total. The lowest BCUT2D eigenvalue weighted by molar-refractivity contribution is 0.255. The molecular weight excluding hydrogens is 278 g/mol. The largest absolute Gasteiger partial charge is 0.323 e. The van der Waals surface area contributed by atoms with Crippen LogP contribution in [0.25, 0.3) is 0 Å². The fraction of sp³-hybridized carbons (Fsp3) is 0.308. The highest BCUT2D eigenvalue weighted by molar-refractivity contribution is 7.89. The number of primary sulfonamides is 1. The van der Waals surface area contributed by atoms with Gasteiger partial charge in [0.25, 0.3) is 0 Å². The Bertz CT molecular complexity index is 599. The molecule has 0 aliphatic rings. The van der Waals surface area contributed by atoms with Crippen LogP contribution in [0, 0.1) is 5.41 Å². The van der Waals surface area contributed by atoms with Crippen molar-refractivity contribution in [2.45, 2.75) is 25.7 Å². The number of carbonyl (C=O) groups is 1. The van der Waals surface area contributed by atoms with Crippen molar-refractivity contribution in [3.8, 4) is 0 Å². The molecule has 2 amide bonds. The van der Waals surface area contributed by atoms with Crippen LogP contribution >= 0.6 is 0 Å². The summed E-state index contributed by atoms with van der Waals surface area (Å²) in [5.74, 6) is 0. The molecule has 0 radical (unpaired) electrons. The minimum absolute atomic E-state index is 0.00362. The molecule has 0 atom stereocenters. The van der Waals surface area contributed by atoms with Crippen LogP contribution in [0.3, 0.4) is 0 Å². The molecule has 0 unspecified atom stereocenters. The quantitative estimate of drug-likeness (QED) is 0.795. The first-order valence-electron chi connectivity index (χ1n) is 5.96. The van der Waals surface area contributed by atoms with Crippen LogP contribution in [0.1, 0.15) is 20.8 Å². The molecule has 6 nitrogen and oxygen atoms in total. The van der Waals surface area contributed by atoms with Crippen molar-refractivity contribution in [1.82, 2.24) is 5.32 Å². The molecule has 110 valence electrons. The Morgan fingerprint density at radius 2 is 1.75 bits per heavy atom. The molecule has 0 fully saturated rings. The number of urea groups is 1. The van der Waals surface area contributed by atoms with Gasteiger partial charge >= 0.3 is 6.03 Å². The number of sulfonamides is 1. The second-order valence-electron chi connectivity index (χ2n) is 5.37. The van der Waals surface area contributed by atoms with Gasteiger partial charge in [0.2, 0.25) is 10.0 Å². The molecule has 0 aliphatic carbocycles. The second kappa shape index (κ2) is 6.06. The van der Waals surface area contributed by atoms with E-state index in [1.807, 2.05) is 26.8 Å². The first-order chi connectivity index (χ1) is 9.08. The van der Waals surface area contributed by atoms with E-state index in [-0.39, 0.29) is 10.3 Å². The van der Waals surface area contributed by atoms with E-state index in [1.165, 1.54) is 24.3 Å². The van der Waals surface area contributed by atoms with Crippen LogP contribution in [0.15, 0.2) is 41.4 Å². The van der Waals surface area contributed by atoms with Gasteiger partial charge in [-0.15, -0.1) is 0 Å². The molecule has 0 spiro atoms. The molecule has 1 aromatic rings. The molecule has 0 aromatic heterocycles. The van der Waals surface area contributed by atoms with Crippen molar-refractivity contribution in [2.75, 3.05) is 5.32 Å². The lowest BCUT2D eigenvalue weighted by atomic mass is 9.97. The summed E-state index contributed by atoms with van der Waals surface area (Å²) in [5.41, 5.74) is 0.448. The zero-order valence-electron chi connectivity index (χ0n) is 11.7. The number of nitrogens with two attached hydrogens (primary N) is 1. The Morgan fingerprint density at radius 1 is 1.20 bits per heavy atom. The van der Waals surface area contributed by atoms with Crippen molar-refractivity contribution in [1.29, 1.82) is 0 Å². The van der Waals surface area contributed by atoms with Crippen LogP contribution < -0.4 is 15.8 Å². The van der Waals surface area contributed by atoms with Crippen LogP contribution in [-0.2, 0) is 10.0 Å². The van der Waals surface area contributed by atoms with Crippen LogP contribution in [0.5, 0.6) is 0 Å². The summed E-state index contributed by atoms with van der Waals surface area (Å²) in [7, 11) is -3.72. The molecule has 7 heteroatoms. The Labute approximate surface area is 119 Å². The minimum atomic E-state index is -3.72. The van der Waals surface area contributed by atoms with Crippen LogP contribution in [0.4, 0.5) is 10.5 Å². The van der Waals surface area contributed by atoms with Gasteiger partial charge in [-0.05, 0) is 29.7 Å². The van der Waals surface area contributed by atoms with E-state index in [4.69, 9.17) is 5.14 Å². The maximum absolute atomic E-state index is 11.6. The standard InChI is InChI=1S/C13H19N3O3S/c1-13(2,3)8-9-15-12(17)16-10-4-6-11(7-5-10)20(14,18)19/h4-9H,1-3H3,(H2,14,18,19)(H2,15,16,17)/b9-8+. The monoisotopic (exact) mass is 297 g/mol. The topological polar surface area (TPSA) is 101 Å². The number of carbonyl (C=O) groups excluding carboxylic acids is 1. The molecule has 20 heavy (non-hydrogen) atoms. The van der Waals surface area contributed by atoms with E-state index in [0.717, 1.165) is 0 Å². The number of anilines is 1. The van der Waals surface area contributed by atoms with E-state index in [9.17, 15) is 13.2 Å². The van der Waals surface area contributed by atoms with Gasteiger partial charge in [-0.2, -0.15) is 0 Å². The average Bonchev–Trinajstić information content (AvgIpc) is 2.26. The first kappa shape index (κ1) is 16.2. The highest BCUT2D eigenvalue weighted by atomic mass is 32.2. The number of hydrogen-bond acceptors (Lipinski definition) is 3. The first-order valence-corrected chi connectivity index (χ1v) is 7.51. The maximum Gasteiger partial charge on any atom is 0.323 e. The number of amides is 2. The third-order valence-corrected chi connectivity index (χ3v) is 3.17. The normalized spacial score (nSPS) is 12.4. The highest BCUT2D eigenvalue weighted by Crippen LogP contribution is 2.14. The van der Waals surface area contributed by atoms with Crippen molar-refractivity contribution >= 4 is 21.7 Å². The second-order valence-corrected chi connectivity index (χ2v) is 6.93. The zero-order valence-corrected chi connectivity index (χ0v) is 12.5. The Hall–Kier alpha value is -1.86. The van der Waals surface area contributed by atoms with Gasteiger partial charge in [0.1, 0.15) is 0 Å². The van der Waals surface area contributed by atoms with E-state index in [0.29, 0.717) is 5.69 Å². The molecule has 1 rings (SSSR count). The fourth-order valence-corrected chi connectivity index (χ4v) is 1.78. The van der Waals surface area contributed by atoms with E-state index < -0.39 is 16.1 Å². The summed E-state index contributed by atoms with van der Waals surface area (Å²) >= 11 is 0. The highest BCUT2D eigenvalue weighted by Gasteiger charge is 2.08. The van der Waals surface area contributed by atoms with Crippen molar-refractivity contribution < 1.29 is 13.2 Å². The van der Waals surface area contributed by atoms with Gasteiger partial charge in [-0.1, -0.05) is 26.8 Å². The van der Waals surface area contributed by atoms with Crippen LogP contribution in [0.2, 0.25) is 0 Å². The molecule has 0 saturated heterocycles. The summed E-state index contributed by atoms with van der Waals surface area (Å²) < 4.78 is 22.1. The minimum Gasteiger partial charge on any atom is -0.315 e. The van der Waals surface area contributed by atoms with Gasteiger partial charge < -0.3 is 10.6 Å². The van der Waals surface area contributed by atoms with Gasteiger partial charge in [0.15, 0.2) is 0 Å². The van der Waals surface area contributed by atoms with E-state index >= 15 is 0 Å². The van der Waals surface area contributed by atoms with E-state index in [2.05, 4.69) is 10.6 Å². The van der Waals surface area contributed by atoms with Gasteiger partial charge in [-0.25, -0.2) is 18.4 Å². The third-order valence-electron chi connectivity index (χ3n) is 2.24.